The summed E-state index contributed by atoms with van der Waals surface area (Å²) in [5.74, 6) is 0.980. The maximum atomic E-state index is 3.46. The van der Waals surface area contributed by atoms with E-state index in [1.807, 2.05) is 0 Å². The molecule has 0 amide bonds. The van der Waals surface area contributed by atoms with Crippen molar-refractivity contribution in [2.24, 2.45) is 13.0 Å². The Bertz CT molecular complexity index is 248. The van der Waals surface area contributed by atoms with Crippen LogP contribution in [0, 0.1) is 5.92 Å². The second-order valence-electron chi connectivity index (χ2n) is 3.76. The predicted octanol–water partition coefficient (Wildman–Crippen LogP) is 1.52. The van der Waals surface area contributed by atoms with E-state index in [9.17, 15) is 0 Å². The standard InChI is InChI=1S/C10H16N2/c1-12-5-4-10(8-12)7-11-6-9-2-3-9/h4-5,8-9,11H,2-3,6-7H2,1H3. The van der Waals surface area contributed by atoms with Crippen molar-refractivity contribution in [2.75, 3.05) is 6.54 Å². The molecule has 0 unspecified atom stereocenters. The first-order valence-electron chi connectivity index (χ1n) is 4.66. The third-order valence-corrected chi connectivity index (χ3v) is 2.35. The third kappa shape index (κ3) is 2.11. The molecule has 0 aromatic carbocycles. The van der Waals surface area contributed by atoms with Crippen molar-refractivity contribution in [3.63, 3.8) is 0 Å². The molecule has 1 heterocycles. The van der Waals surface area contributed by atoms with E-state index in [1.165, 1.54) is 24.9 Å². The van der Waals surface area contributed by atoms with Crippen LogP contribution in [0.4, 0.5) is 0 Å². The zero-order valence-corrected chi connectivity index (χ0v) is 7.59. The Morgan fingerprint density at radius 3 is 3.00 bits per heavy atom. The molecule has 0 bridgehead atoms. The van der Waals surface area contributed by atoms with E-state index in [4.69, 9.17) is 0 Å². The molecule has 1 aliphatic rings. The van der Waals surface area contributed by atoms with E-state index >= 15 is 0 Å². The lowest BCUT2D eigenvalue weighted by Gasteiger charge is -1.99. The molecule has 1 aliphatic carbocycles. The Morgan fingerprint density at radius 1 is 1.58 bits per heavy atom. The van der Waals surface area contributed by atoms with Crippen molar-refractivity contribution < 1.29 is 0 Å². The first kappa shape index (κ1) is 7.87. The zero-order chi connectivity index (χ0) is 8.39. The molecular weight excluding hydrogens is 148 g/mol. The van der Waals surface area contributed by atoms with Crippen LogP contribution in [0.1, 0.15) is 18.4 Å². The lowest BCUT2D eigenvalue weighted by atomic mass is 10.3. The highest BCUT2D eigenvalue weighted by Crippen LogP contribution is 2.27. The Labute approximate surface area is 73.6 Å². The average molecular weight is 164 g/mol. The van der Waals surface area contributed by atoms with Crippen LogP contribution in [0.3, 0.4) is 0 Å². The van der Waals surface area contributed by atoms with Gasteiger partial charge >= 0.3 is 0 Å². The second-order valence-corrected chi connectivity index (χ2v) is 3.76. The largest absolute Gasteiger partial charge is 0.357 e. The van der Waals surface area contributed by atoms with Crippen molar-refractivity contribution in [3.05, 3.63) is 24.0 Å². The molecule has 1 fully saturated rings. The summed E-state index contributed by atoms with van der Waals surface area (Å²) in [6, 6.07) is 2.17. The van der Waals surface area contributed by atoms with Gasteiger partial charge in [-0.15, -0.1) is 0 Å². The molecule has 66 valence electrons. The SMILES string of the molecule is Cn1ccc(CNCC2CC2)c1. The summed E-state index contributed by atoms with van der Waals surface area (Å²) in [7, 11) is 2.06. The Morgan fingerprint density at radius 2 is 2.42 bits per heavy atom. The summed E-state index contributed by atoms with van der Waals surface area (Å²) in [5.41, 5.74) is 1.39. The fourth-order valence-corrected chi connectivity index (χ4v) is 1.41. The number of nitrogens with zero attached hydrogens (tertiary/aromatic N) is 1. The van der Waals surface area contributed by atoms with Crippen LogP contribution in [-0.2, 0) is 13.6 Å². The van der Waals surface area contributed by atoms with E-state index in [0.717, 1.165) is 12.5 Å². The van der Waals surface area contributed by atoms with Gasteiger partial charge in [0.05, 0.1) is 0 Å². The predicted molar refractivity (Wildman–Crippen MR) is 49.8 cm³/mol. The molecule has 0 spiro atoms. The molecule has 2 nitrogen and oxygen atoms in total. The lowest BCUT2D eigenvalue weighted by molar-refractivity contribution is 0.638. The molecule has 1 N–H and O–H groups in total. The number of aromatic nitrogens is 1. The first-order chi connectivity index (χ1) is 5.84. The van der Waals surface area contributed by atoms with Gasteiger partial charge in [0.1, 0.15) is 0 Å². The average Bonchev–Trinajstić information content (AvgIpc) is 2.76. The van der Waals surface area contributed by atoms with E-state index in [1.54, 1.807) is 0 Å². The van der Waals surface area contributed by atoms with Gasteiger partial charge in [-0.1, -0.05) is 0 Å². The van der Waals surface area contributed by atoms with E-state index in [-0.39, 0.29) is 0 Å². The highest BCUT2D eigenvalue weighted by molar-refractivity contribution is 5.09. The molecule has 0 radical (unpaired) electrons. The topological polar surface area (TPSA) is 17.0 Å². The lowest BCUT2D eigenvalue weighted by Crippen LogP contribution is -2.15. The molecule has 0 aliphatic heterocycles. The van der Waals surface area contributed by atoms with Crippen molar-refractivity contribution in [1.82, 2.24) is 9.88 Å². The van der Waals surface area contributed by atoms with Gasteiger partial charge in [-0.05, 0) is 36.9 Å². The second kappa shape index (κ2) is 3.31. The minimum Gasteiger partial charge on any atom is -0.357 e. The van der Waals surface area contributed by atoms with Crippen LogP contribution in [-0.4, -0.2) is 11.1 Å². The van der Waals surface area contributed by atoms with Gasteiger partial charge in [0.25, 0.3) is 0 Å². The molecule has 0 saturated heterocycles. The van der Waals surface area contributed by atoms with E-state index in [0.29, 0.717) is 0 Å². The molecule has 1 aromatic heterocycles. The summed E-state index contributed by atoms with van der Waals surface area (Å²) in [4.78, 5) is 0. The monoisotopic (exact) mass is 164 g/mol. The van der Waals surface area contributed by atoms with Crippen LogP contribution in [0.25, 0.3) is 0 Å². The number of hydrogen-bond donors (Lipinski definition) is 1. The fourth-order valence-electron chi connectivity index (χ4n) is 1.41. The first-order valence-corrected chi connectivity index (χ1v) is 4.66. The van der Waals surface area contributed by atoms with Crippen LogP contribution in [0.15, 0.2) is 18.5 Å². The van der Waals surface area contributed by atoms with Gasteiger partial charge in [-0.3, -0.25) is 0 Å². The minimum absolute atomic E-state index is 0.980. The molecule has 1 aromatic rings. The maximum absolute atomic E-state index is 3.46. The quantitative estimate of drug-likeness (QED) is 0.714. The Hall–Kier alpha value is -0.760. The van der Waals surface area contributed by atoms with E-state index in [2.05, 4.69) is 35.4 Å². The molecule has 12 heavy (non-hydrogen) atoms. The molecule has 1 saturated carbocycles. The van der Waals surface area contributed by atoms with Crippen molar-refractivity contribution in [1.29, 1.82) is 0 Å². The minimum atomic E-state index is 0.980. The van der Waals surface area contributed by atoms with Crippen molar-refractivity contribution in [3.8, 4) is 0 Å². The van der Waals surface area contributed by atoms with Crippen LogP contribution >= 0.6 is 0 Å². The molecule has 2 rings (SSSR count). The van der Waals surface area contributed by atoms with Crippen LogP contribution in [0.5, 0.6) is 0 Å². The Kier molecular flexibility index (Phi) is 2.17. The third-order valence-electron chi connectivity index (χ3n) is 2.35. The van der Waals surface area contributed by atoms with Crippen LogP contribution < -0.4 is 5.32 Å². The van der Waals surface area contributed by atoms with Gasteiger partial charge in [0.15, 0.2) is 0 Å². The normalized spacial score (nSPS) is 16.8. The van der Waals surface area contributed by atoms with E-state index < -0.39 is 0 Å². The Balaban J connectivity index is 1.71. The van der Waals surface area contributed by atoms with Crippen molar-refractivity contribution >= 4 is 0 Å². The highest BCUT2D eigenvalue weighted by atomic mass is 14.9. The summed E-state index contributed by atoms with van der Waals surface area (Å²) < 4.78 is 2.09. The fraction of sp³-hybridized carbons (Fsp3) is 0.600. The summed E-state index contributed by atoms with van der Waals surface area (Å²) in [6.45, 7) is 2.23. The van der Waals surface area contributed by atoms with Gasteiger partial charge in [-0.2, -0.15) is 0 Å². The van der Waals surface area contributed by atoms with Gasteiger partial charge < -0.3 is 9.88 Å². The van der Waals surface area contributed by atoms with Gasteiger partial charge in [0.2, 0.25) is 0 Å². The van der Waals surface area contributed by atoms with Gasteiger partial charge in [-0.25, -0.2) is 0 Å². The summed E-state index contributed by atoms with van der Waals surface area (Å²) in [5, 5.41) is 3.46. The zero-order valence-electron chi connectivity index (χ0n) is 7.59. The summed E-state index contributed by atoms with van der Waals surface area (Å²) >= 11 is 0. The number of nitrogens with one attached hydrogen (secondary N) is 1. The molecule has 2 heteroatoms. The van der Waals surface area contributed by atoms with Crippen LogP contribution in [0.2, 0.25) is 0 Å². The number of aryl methyl sites for hydroxylation is 1. The maximum Gasteiger partial charge on any atom is 0.0220 e. The molecular formula is C10H16N2. The van der Waals surface area contributed by atoms with Crippen molar-refractivity contribution in [2.45, 2.75) is 19.4 Å². The number of hydrogen-bond acceptors (Lipinski definition) is 1. The van der Waals surface area contributed by atoms with Gasteiger partial charge in [0, 0.05) is 26.0 Å². The highest BCUT2D eigenvalue weighted by Gasteiger charge is 2.19. The summed E-state index contributed by atoms with van der Waals surface area (Å²) in [6.07, 6.45) is 7.12. The number of rotatable bonds is 4. The molecule has 0 atom stereocenters. The smallest absolute Gasteiger partial charge is 0.0220 e.